The van der Waals surface area contributed by atoms with E-state index >= 15 is 0 Å². The summed E-state index contributed by atoms with van der Waals surface area (Å²) in [6.07, 6.45) is 3.04. The van der Waals surface area contributed by atoms with Gasteiger partial charge < -0.3 is 10.6 Å². The number of carbonyl (C=O) groups is 3. The van der Waals surface area contributed by atoms with Gasteiger partial charge in [0.1, 0.15) is 0 Å². The standard InChI is InChI=1S/C17H21N3O3S/c18-9-14-6-1-2-7-19(14)16(22)13-5-3-4-12(8-13)10-20-15(21)11-24-17(20)23/h3-5,8,14H,1-2,6-7,9-11,18H2. The summed E-state index contributed by atoms with van der Waals surface area (Å²) < 4.78 is 0. The molecular formula is C17H21N3O3S. The molecule has 2 fully saturated rings. The zero-order valence-corrected chi connectivity index (χ0v) is 14.3. The summed E-state index contributed by atoms with van der Waals surface area (Å²) in [5.41, 5.74) is 7.17. The number of rotatable bonds is 4. The topological polar surface area (TPSA) is 83.7 Å². The van der Waals surface area contributed by atoms with Crippen LogP contribution >= 0.6 is 11.8 Å². The molecule has 1 aromatic carbocycles. The molecule has 24 heavy (non-hydrogen) atoms. The van der Waals surface area contributed by atoms with Gasteiger partial charge in [0, 0.05) is 24.7 Å². The number of amides is 3. The number of carbonyl (C=O) groups excluding carboxylic acids is 3. The second-order valence-corrected chi connectivity index (χ2v) is 7.05. The molecule has 1 unspecified atom stereocenters. The van der Waals surface area contributed by atoms with Gasteiger partial charge in [-0.3, -0.25) is 19.3 Å². The molecule has 1 atom stereocenters. The number of thioether (sulfide) groups is 1. The number of nitrogens with zero attached hydrogens (tertiary/aromatic N) is 2. The van der Waals surface area contributed by atoms with E-state index in [0.29, 0.717) is 12.1 Å². The smallest absolute Gasteiger partial charge is 0.289 e. The van der Waals surface area contributed by atoms with Gasteiger partial charge in [-0.15, -0.1) is 0 Å². The van der Waals surface area contributed by atoms with Gasteiger partial charge in [0.25, 0.3) is 11.1 Å². The normalized spacial score (nSPS) is 21.5. The fraction of sp³-hybridized carbons (Fsp3) is 0.471. The van der Waals surface area contributed by atoms with Gasteiger partial charge in [0.15, 0.2) is 0 Å². The van der Waals surface area contributed by atoms with Crippen LogP contribution in [0, 0.1) is 0 Å². The monoisotopic (exact) mass is 347 g/mol. The van der Waals surface area contributed by atoms with Crippen LogP contribution in [0.5, 0.6) is 0 Å². The Bertz CT molecular complexity index is 648. The molecule has 2 heterocycles. The van der Waals surface area contributed by atoms with Crippen molar-refractivity contribution in [3.63, 3.8) is 0 Å². The summed E-state index contributed by atoms with van der Waals surface area (Å²) in [7, 11) is 0. The Morgan fingerprint density at radius 3 is 2.83 bits per heavy atom. The fourth-order valence-corrected chi connectivity index (χ4v) is 3.92. The molecule has 3 amide bonds. The van der Waals surface area contributed by atoms with E-state index in [1.807, 2.05) is 11.0 Å². The second kappa shape index (κ2) is 7.36. The molecule has 0 aliphatic carbocycles. The Balaban J connectivity index is 1.76. The van der Waals surface area contributed by atoms with Crippen LogP contribution in [0.15, 0.2) is 24.3 Å². The minimum Gasteiger partial charge on any atom is -0.334 e. The van der Waals surface area contributed by atoms with Crippen molar-refractivity contribution in [3.8, 4) is 0 Å². The lowest BCUT2D eigenvalue weighted by Gasteiger charge is -2.35. The van der Waals surface area contributed by atoms with E-state index in [4.69, 9.17) is 5.73 Å². The predicted octanol–water partition coefficient (Wildman–Crippen LogP) is 1.84. The van der Waals surface area contributed by atoms with Crippen LogP contribution in [0.3, 0.4) is 0 Å². The minimum atomic E-state index is -0.226. The maximum Gasteiger partial charge on any atom is 0.289 e. The molecule has 2 aliphatic heterocycles. The third kappa shape index (κ3) is 3.47. The van der Waals surface area contributed by atoms with Gasteiger partial charge in [0.2, 0.25) is 5.91 Å². The van der Waals surface area contributed by atoms with E-state index in [-0.39, 0.29) is 35.4 Å². The first-order chi connectivity index (χ1) is 11.6. The molecule has 6 nitrogen and oxygen atoms in total. The zero-order valence-electron chi connectivity index (χ0n) is 13.4. The lowest BCUT2D eigenvalue weighted by atomic mass is 10.0. The zero-order chi connectivity index (χ0) is 17.1. The highest BCUT2D eigenvalue weighted by Gasteiger charge is 2.30. The molecule has 128 valence electrons. The first-order valence-corrected chi connectivity index (χ1v) is 9.16. The summed E-state index contributed by atoms with van der Waals surface area (Å²) >= 11 is 1.02. The van der Waals surface area contributed by atoms with Crippen LogP contribution in [0.25, 0.3) is 0 Å². The maximum absolute atomic E-state index is 12.8. The highest BCUT2D eigenvalue weighted by Crippen LogP contribution is 2.23. The fourth-order valence-electron chi connectivity index (χ4n) is 3.20. The van der Waals surface area contributed by atoms with Gasteiger partial charge in [-0.2, -0.15) is 0 Å². The van der Waals surface area contributed by atoms with E-state index in [9.17, 15) is 14.4 Å². The Labute approximate surface area is 145 Å². The van der Waals surface area contributed by atoms with Crippen molar-refractivity contribution in [2.75, 3.05) is 18.8 Å². The summed E-state index contributed by atoms with van der Waals surface area (Å²) in [4.78, 5) is 39.3. The Morgan fingerprint density at radius 2 is 2.12 bits per heavy atom. The SMILES string of the molecule is NCC1CCCCN1C(=O)c1cccc(CN2C(=O)CSC2=O)c1. The lowest BCUT2D eigenvalue weighted by molar-refractivity contribution is -0.125. The first kappa shape index (κ1) is 17.0. The number of hydrogen-bond acceptors (Lipinski definition) is 5. The molecule has 2 saturated heterocycles. The number of piperidine rings is 1. The van der Waals surface area contributed by atoms with Gasteiger partial charge in [-0.05, 0) is 37.0 Å². The molecule has 1 aromatic rings. The van der Waals surface area contributed by atoms with Crippen LogP contribution in [0.4, 0.5) is 4.79 Å². The van der Waals surface area contributed by atoms with Crippen molar-refractivity contribution in [2.24, 2.45) is 5.73 Å². The van der Waals surface area contributed by atoms with E-state index in [1.54, 1.807) is 18.2 Å². The van der Waals surface area contributed by atoms with E-state index < -0.39 is 0 Å². The summed E-state index contributed by atoms with van der Waals surface area (Å²) in [6, 6.07) is 7.26. The van der Waals surface area contributed by atoms with Crippen molar-refractivity contribution >= 4 is 28.8 Å². The van der Waals surface area contributed by atoms with Crippen LogP contribution < -0.4 is 5.73 Å². The first-order valence-electron chi connectivity index (χ1n) is 8.17. The molecular weight excluding hydrogens is 326 g/mol. The number of hydrogen-bond donors (Lipinski definition) is 1. The van der Waals surface area contributed by atoms with E-state index in [0.717, 1.165) is 43.1 Å². The third-order valence-electron chi connectivity index (χ3n) is 4.52. The number of imide groups is 1. The van der Waals surface area contributed by atoms with Gasteiger partial charge in [-0.1, -0.05) is 23.9 Å². The number of benzene rings is 1. The van der Waals surface area contributed by atoms with Gasteiger partial charge in [-0.25, -0.2) is 0 Å². The lowest BCUT2D eigenvalue weighted by Crippen LogP contribution is -2.47. The third-order valence-corrected chi connectivity index (χ3v) is 5.37. The molecule has 0 aromatic heterocycles. The van der Waals surface area contributed by atoms with Crippen molar-refractivity contribution < 1.29 is 14.4 Å². The molecule has 7 heteroatoms. The van der Waals surface area contributed by atoms with Crippen molar-refractivity contribution in [2.45, 2.75) is 31.8 Å². The van der Waals surface area contributed by atoms with Gasteiger partial charge in [0.05, 0.1) is 12.3 Å². The molecule has 2 aliphatic rings. The highest BCUT2D eigenvalue weighted by molar-refractivity contribution is 8.14. The maximum atomic E-state index is 12.8. The molecule has 3 rings (SSSR count). The van der Waals surface area contributed by atoms with E-state index in [2.05, 4.69) is 0 Å². The second-order valence-electron chi connectivity index (χ2n) is 6.12. The average molecular weight is 347 g/mol. The van der Waals surface area contributed by atoms with Crippen molar-refractivity contribution in [3.05, 3.63) is 35.4 Å². The average Bonchev–Trinajstić information content (AvgIpc) is 2.93. The quantitative estimate of drug-likeness (QED) is 0.898. The van der Waals surface area contributed by atoms with Crippen LogP contribution in [0.1, 0.15) is 35.2 Å². The van der Waals surface area contributed by atoms with Gasteiger partial charge >= 0.3 is 0 Å². The number of likely N-dealkylation sites (tertiary alicyclic amines) is 1. The van der Waals surface area contributed by atoms with Crippen molar-refractivity contribution in [1.29, 1.82) is 0 Å². The van der Waals surface area contributed by atoms with Crippen LogP contribution in [-0.2, 0) is 11.3 Å². The Hall–Kier alpha value is -1.86. The van der Waals surface area contributed by atoms with Crippen LogP contribution in [-0.4, -0.2) is 51.7 Å². The molecule has 0 bridgehead atoms. The molecule has 0 radical (unpaired) electrons. The van der Waals surface area contributed by atoms with Crippen molar-refractivity contribution in [1.82, 2.24) is 9.80 Å². The number of nitrogens with two attached hydrogens (primary N) is 1. The highest BCUT2D eigenvalue weighted by atomic mass is 32.2. The molecule has 0 saturated carbocycles. The molecule has 0 spiro atoms. The predicted molar refractivity (Wildman–Crippen MR) is 92.6 cm³/mol. The Morgan fingerprint density at radius 1 is 1.29 bits per heavy atom. The minimum absolute atomic E-state index is 0.0274. The van der Waals surface area contributed by atoms with E-state index in [1.165, 1.54) is 4.90 Å². The summed E-state index contributed by atoms with van der Waals surface area (Å²) in [6.45, 7) is 1.41. The van der Waals surface area contributed by atoms with Crippen LogP contribution in [0.2, 0.25) is 0 Å². The summed E-state index contributed by atoms with van der Waals surface area (Å²) in [5.74, 6) is -0.00920. The Kier molecular flexibility index (Phi) is 5.20. The molecule has 2 N–H and O–H groups in total. The summed E-state index contributed by atoms with van der Waals surface area (Å²) in [5, 5.41) is -0.226. The largest absolute Gasteiger partial charge is 0.334 e.